The van der Waals surface area contributed by atoms with Crippen LogP contribution in [0.25, 0.3) is 0 Å². The Morgan fingerprint density at radius 2 is 2.00 bits per heavy atom. The summed E-state index contributed by atoms with van der Waals surface area (Å²) in [6, 6.07) is 11.8. The van der Waals surface area contributed by atoms with Gasteiger partial charge in [0.05, 0.1) is 6.61 Å². The Labute approximate surface area is 146 Å². The van der Waals surface area contributed by atoms with Gasteiger partial charge in [-0.05, 0) is 61.7 Å². The van der Waals surface area contributed by atoms with Crippen molar-refractivity contribution >= 4 is 11.6 Å². The number of anilines is 1. The first-order valence-electron chi connectivity index (χ1n) is 8.37. The highest BCUT2D eigenvalue weighted by Crippen LogP contribution is 2.25. The van der Waals surface area contributed by atoms with Crippen LogP contribution in [0.1, 0.15) is 30.5 Å². The van der Waals surface area contributed by atoms with Gasteiger partial charge in [-0.1, -0.05) is 12.1 Å². The molecule has 2 aromatic rings. The van der Waals surface area contributed by atoms with E-state index < -0.39 is 0 Å². The number of halogens is 1. The summed E-state index contributed by atoms with van der Waals surface area (Å²) in [5.41, 5.74) is 8.59. The van der Waals surface area contributed by atoms with Gasteiger partial charge in [0.2, 0.25) is 5.91 Å². The Bertz CT molecular complexity index is 749. The minimum absolute atomic E-state index is 0.0424. The summed E-state index contributed by atoms with van der Waals surface area (Å²) in [6.07, 6.45) is 0.625. The van der Waals surface area contributed by atoms with Crippen LogP contribution in [0.4, 0.5) is 10.1 Å². The van der Waals surface area contributed by atoms with E-state index in [1.165, 1.54) is 12.1 Å². The van der Waals surface area contributed by atoms with Crippen molar-refractivity contribution in [2.24, 2.45) is 0 Å². The third-order valence-corrected chi connectivity index (χ3v) is 4.26. The minimum atomic E-state index is -0.360. The third kappa shape index (κ3) is 4.15. The first-order chi connectivity index (χ1) is 12.1. The van der Waals surface area contributed by atoms with E-state index in [4.69, 9.17) is 4.74 Å². The molecular weight excluding hydrogens is 321 g/mol. The maximum Gasteiger partial charge on any atom is 0.242 e. The summed E-state index contributed by atoms with van der Waals surface area (Å²) in [5, 5.41) is 2.85. The van der Waals surface area contributed by atoms with E-state index in [1.807, 2.05) is 31.2 Å². The molecule has 1 amide bonds. The largest absolute Gasteiger partial charge is 0.494 e. The van der Waals surface area contributed by atoms with E-state index in [2.05, 4.69) is 16.2 Å². The van der Waals surface area contributed by atoms with Crippen molar-refractivity contribution in [2.45, 2.75) is 32.4 Å². The Balaban J connectivity index is 1.60. The molecule has 0 saturated carbocycles. The van der Waals surface area contributed by atoms with E-state index in [0.29, 0.717) is 24.3 Å². The predicted octanol–water partition coefficient (Wildman–Crippen LogP) is 3.08. The van der Waals surface area contributed by atoms with Crippen LogP contribution in [0.2, 0.25) is 0 Å². The fourth-order valence-corrected chi connectivity index (χ4v) is 2.90. The second-order valence-electron chi connectivity index (χ2n) is 6.08. The molecule has 0 radical (unpaired) electrons. The third-order valence-electron chi connectivity index (χ3n) is 4.26. The molecule has 1 aliphatic heterocycles. The van der Waals surface area contributed by atoms with Crippen LogP contribution in [0, 0.1) is 12.7 Å². The lowest BCUT2D eigenvalue weighted by Gasteiger charge is -2.13. The number of hydrazine groups is 1. The number of ether oxygens (including phenoxy) is 1. The molecule has 25 heavy (non-hydrogen) atoms. The number of aryl methyl sites for hydroxylation is 1. The lowest BCUT2D eigenvalue weighted by atomic mass is 10.0. The van der Waals surface area contributed by atoms with E-state index in [-0.39, 0.29) is 23.8 Å². The van der Waals surface area contributed by atoms with Crippen LogP contribution in [0.15, 0.2) is 42.5 Å². The molecule has 1 aliphatic rings. The molecule has 3 rings (SSSR count). The summed E-state index contributed by atoms with van der Waals surface area (Å²) in [7, 11) is 0. The number of hydrogen-bond acceptors (Lipinski definition) is 4. The van der Waals surface area contributed by atoms with Crippen molar-refractivity contribution in [2.75, 3.05) is 11.9 Å². The summed E-state index contributed by atoms with van der Waals surface area (Å²) in [5.74, 6) is 0.376. The topological polar surface area (TPSA) is 62.4 Å². The Morgan fingerprint density at radius 3 is 2.68 bits per heavy atom. The molecule has 1 fully saturated rings. The van der Waals surface area contributed by atoms with Gasteiger partial charge >= 0.3 is 0 Å². The quantitative estimate of drug-likeness (QED) is 0.781. The Kier molecular flexibility index (Phi) is 5.31. The van der Waals surface area contributed by atoms with Gasteiger partial charge in [0, 0.05) is 11.7 Å². The van der Waals surface area contributed by atoms with Gasteiger partial charge < -0.3 is 10.1 Å². The standard InChI is InChI=1S/C19H22FN3O2/c1-3-25-15-7-4-13(5-8-15)17-11-18(23-22-17)19(24)21-16-9-6-14(20)10-12(16)2/h4-10,17-18,22-23H,3,11H2,1-2H3,(H,21,24). The molecule has 0 aliphatic carbocycles. The van der Waals surface area contributed by atoms with Crippen LogP contribution in [0.3, 0.4) is 0 Å². The lowest BCUT2D eigenvalue weighted by Crippen LogP contribution is -2.39. The molecule has 2 aromatic carbocycles. The number of rotatable bonds is 5. The maximum atomic E-state index is 13.2. The first-order valence-corrected chi connectivity index (χ1v) is 8.37. The Hall–Kier alpha value is -2.44. The summed E-state index contributed by atoms with van der Waals surface area (Å²) in [4.78, 5) is 12.4. The van der Waals surface area contributed by atoms with Crippen molar-refractivity contribution in [1.29, 1.82) is 0 Å². The van der Waals surface area contributed by atoms with E-state index >= 15 is 0 Å². The van der Waals surface area contributed by atoms with Gasteiger partial charge in [0.15, 0.2) is 0 Å². The number of nitrogens with one attached hydrogen (secondary N) is 3. The molecule has 1 saturated heterocycles. The molecular formula is C19H22FN3O2. The zero-order valence-electron chi connectivity index (χ0n) is 14.3. The van der Waals surface area contributed by atoms with Crippen molar-refractivity contribution < 1.29 is 13.9 Å². The fraction of sp³-hybridized carbons (Fsp3) is 0.316. The second-order valence-corrected chi connectivity index (χ2v) is 6.08. The van der Waals surface area contributed by atoms with Crippen molar-refractivity contribution in [3.05, 3.63) is 59.4 Å². The molecule has 2 atom stereocenters. The van der Waals surface area contributed by atoms with Gasteiger partial charge in [-0.25, -0.2) is 15.2 Å². The molecule has 0 spiro atoms. The molecule has 3 N–H and O–H groups in total. The van der Waals surface area contributed by atoms with Gasteiger partial charge in [0.1, 0.15) is 17.6 Å². The predicted molar refractivity (Wildman–Crippen MR) is 94.8 cm³/mol. The second kappa shape index (κ2) is 7.63. The van der Waals surface area contributed by atoms with Crippen molar-refractivity contribution in [1.82, 2.24) is 10.9 Å². The zero-order valence-corrected chi connectivity index (χ0v) is 14.3. The monoisotopic (exact) mass is 343 g/mol. The zero-order chi connectivity index (χ0) is 17.8. The fourth-order valence-electron chi connectivity index (χ4n) is 2.90. The molecule has 6 heteroatoms. The van der Waals surface area contributed by atoms with E-state index in [1.54, 1.807) is 13.0 Å². The highest BCUT2D eigenvalue weighted by atomic mass is 19.1. The highest BCUT2D eigenvalue weighted by molar-refractivity contribution is 5.95. The highest BCUT2D eigenvalue weighted by Gasteiger charge is 2.30. The Morgan fingerprint density at radius 1 is 1.24 bits per heavy atom. The average Bonchev–Trinajstić information content (AvgIpc) is 3.08. The van der Waals surface area contributed by atoms with Gasteiger partial charge in [-0.3, -0.25) is 4.79 Å². The molecule has 5 nitrogen and oxygen atoms in total. The van der Waals surface area contributed by atoms with Crippen LogP contribution in [0.5, 0.6) is 5.75 Å². The SMILES string of the molecule is CCOc1ccc(C2CC(C(=O)Nc3ccc(F)cc3C)NN2)cc1. The van der Waals surface area contributed by atoms with Crippen molar-refractivity contribution in [3.63, 3.8) is 0 Å². The number of hydrogen-bond donors (Lipinski definition) is 3. The van der Waals surface area contributed by atoms with Gasteiger partial charge in [-0.2, -0.15) is 0 Å². The van der Waals surface area contributed by atoms with Crippen LogP contribution >= 0.6 is 0 Å². The van der Waals surface area contributed by atoms with E-state index in [9.17, 15) is 9.18 Å². The molecule has 0 bridgehead atoms. The van der Waals surface area contributed by atoms with E-state index in [0.717, 1.165) is 11.3 Å². The van der Waals surface area contributed by atoms with Gasteiger partial charge in [-0.15, -0.1) is 0 Å². The van der Waals surface area contributed by atoms with Crippen molar-refractivity contribution in [3.8, 4) is 5.75 Å². The normalized spacial score (nSPS) is 19.6. The van der Waals surface area contributed by atoms with Crippen LogP contribution in [-0.4, -0.2) is 18.6 Å². The van der Waals surface area contributed by atoms with Crippen LogP contribution in [-0.2, 0) is 4.79 Å². The molecule has 1 heterocycles. The summed E-state index contributed by atoms with van der Waals surface area (Å²) >= 11 is 0. The number of benzene rings is 2. The maximum absolute atomic E-state index is 13.2. The number of carbonyl (C=O) groups excluding carboxylic acids is 1. The average molecular weight is 343 g/mol. The van der Waals surface area contributed by atoms with Crippen LogP contribution < -0.4 is 20.9 Å². The minimum Gasteiger partial charge on any atom is -0.494 e. The number of amides is 1. The number of carbonyl (C=O) groups is 1. The molecule has 2 unspecified atom stereocenters. The first kappa shape index (κ1) is 17.4. The molecule has 0 aromatic heterocycles. The van der Waals surface area contributed by atoms with Gasteiger partial charge in [0.25, 0.3) is 0 Å². The summed E-state index contributed by atoms with van der Waals surface area (Å²) in [6.45, 7) is 4.35. The smallest absolute Gasteiger partial charge is 0.242 e. The lowest BCUT2D eigenvalue weighted by molar-refractivity contribution is -0.117. The molecule has 132 valence electrons. The summed E-state index contributed by atoms with van der Waals surface area (Å²) < 4.78 is 18.6.